The summed E-state index contributed by atoms with van der Waals surface area (Å²) < 4.78 is 25.0. The molecule has 0 N–H and O–H groups in total. The minimum absolute atomic E-state index is 0.206. The van der Waals surface area contributed by atoms with Gasteiger partial charge in [-0.3, -0.25) is 9.36 Å². The number of carbonyl (C=O) groups excluding carboxylic acids is 1. The van der Waals surface area contributed by atoms with Gasteiger partial charge in [-0.15, -0.1) is 0 Å². The summed E-state index contributed by atoms with van der Waals surface area (Å²) in [5.74, 6) is 1.35. The zero-order valence-corrected chi connectivity index (χ0v) is 26.5. The Morgan fingerprint density at radius 3 is 2.34 bits per heavy atom. The molecule has 10 heteroatoms. The highest BCUT2D eigenvalue weighted by molar-refractivity contribution is 7.07. The fourth-order valence-corrected chi connectivity index (χ4v) is 6.09. The molecule has 0 fully saturated rings. The molecule has 0 radical (unpaired) electrons. The van der Waals surface area contributed by atoms with Gasteiger partial charge in [0.25, 0.3) is 5.56 Å². The van der Waals surface area contributed by atoms with Crippen molar-refractivity contribution in [2.75, 3.05) is 19.8 Å². The summed E-state index contributed by atoms with van der Waals surface area (Å²) in [6.45, 7) is 8.86. The van der Waals surface area contributed by atoms with E-state index in [1.807, 2.05) is 80.6 Å². The Balaban J connectivity index is 1.54. The molecule has 0 bridgehead atoms. The van der Waals surface area contributed by atoms with Crippen LogP contribution in [0.15, 0.2) is 87.8 Å². The Bertz CT molecular complexity index is 1860. The largest absolute Gasteiger partial charge is 0.494 e. The Kier molecular flexibility index (Phi) is 9.87. The van der Waals surface area contributed by atoms with Crippen molar-refractivity contribution in [3.05, 3.63) is 119 Å². The Morgan fingerprint density at radius 1 is 0.932 bits per heavy atom. The van der Waals surface area contributed by atoms with E-state index in [1.165, 1.54) is 11.3 Å². The first-order valence-electron chi connectivity index (χ1n) is 14.4. The summed E-state index contributed by atoms with van der Waals surface area (Å²) in [6, 6.07) is 19.7. The zero-order valence-electron chi connectivity index (χ0n) is 25.0. The summed E-state index contributed by atoms with van der Waals surface area (Å²) in [7, 11) is 0. The van der Waals surface area contributed by atoms with Crippen LogP contribution in [0.25, 0.3) is 6.08 Å². The van der Waals surface area contributed by atoms with Gasteiger partial charge in [0, 0.05) is 5.02 Å². The topological polar surface area (TPSA) is 88.4 Å². The number of allylic oxidation sites excluding steroid dienone is 1. The van der Waals surface area contributed by atoms with Crippen molar-refractivity contribution in [3.8, 4) is 17.2 Å². The second-order valence-electron chi connectivity index (χ2n) is 9.86. The highest BCUT2D eigenvalue weighted by atomic mass is 35.5. The van der Waals surface area contributed by atoms with Crippen LogP contribution in [0, 0.1) is 0 Å². The summed E-state index contributed by atoms with van der Waals surface area (Å²) in [6.07, 6.45) is 1.80. The van der Waals surface area contributed by atoms with Crippen molar-refractivity contribution in [3.63, 3.8) is 0 Å². The van der Waals surface area contributed by atoms with Crippen molar-refractivity contribution in [2.45, 2.75) is 40.3 Å². The molecule has 5 rings (SSSR count). The molecule has 8 nitrogen and oxygen atoms in total. The lowest BCUT2D eigenvalue weighted by Gasteiger charge is -2.24. The highest BCUT2D eigenvalue weighted by Crippen LogP contribution is 2.32. The van der Waals surface area contributed by atoms with Crippen LogP contribution in [-0.4, -0.2) is 30.4 Å². The molecule has 4 aromatic rings. The number of halogens is 1. The standard InChI is InChI=1S/C34H33ClN2O6S/c1-5-40-26-15-11-24(12-16-26)31-30(33(39)42-7-3)21(4)36-34-37(31)32(38)29(44-34)19-23-10-17-27(28(18-23)41-6-2)43-20-22-8-13-25(35)14-9-22/h8-19,31H,5-7,20H2,1-4H3/b29-19-/t31-/m0/s1. The molecule has 0 saturated heterocycles. The average molecular weight is 633 g/mol. The third kappa shape index (κ3) is 6.74. The van der Waals surface area contributed by atoms with Crippen LogP contribution in [0.2, 0.25) is 5.02 Å². The Labute approximate surface area is 264 Å². The number of carbonyl (C=O) groups is 1. The van der Waals surface area contributed by atoms with Crippen molar-refractivity contribution in [1.29, 1.82) is 0 Å². The summed E-state index contributed by atoms with van der Waals surface area (Å²) in [4.78, 5) is 32.3. The van der Waals surface area contributed by atoms with Crippen LogP contribution in [0.5, 0.6) is 17.2 Å². The molecule has 1 aromatic heterocycles. The number of benzene rings is 3. The van der Waals surface area contributed by atoms with Crippen molar-refractivity contribution in [1.82, 2.24) is 4.57 Å². The highest BCUT2D eigenvalue weighted by Gasteiger charge is 2.33. The molecular formula is C34H33ClN2O6S. The quantitative estimate of drug-likeness (QED) is 0.193. The van der Waals surface area contributed by atoms with Gasteiger partial charge in [-0.2, -0.15) is 0 Å². The molecule has 0 unspecified atom stereocenters. The van der Waals surface area contributed by atoms with Crippen LogP contribution in [-0.2, 0) is 16.1 Å². The molecule has 0 spiro atoms. The molecule has 0 saturated carbocycles. The lowest BCUT2D eigenvalue weighted by molar-refractivity contribution is -0.139. The third-order valence-electron chi connectivity index (χ3n) is 6.90. The Hall–Kier alpha value is -4.34. The molecule has 1 aliphatic heterocycles. The van der Waals surface area contributed by atoms with Gasteiger partial charge in [0.15, 0.2) is 16.3 Å². The first-order chi connectivity index (χ1) is 21.3. The number of rotatable bonds is 11. The van der Waals surface area contributed by atoms with Crippen molar-refractivity contribution >= 4 is 35.0 Å². The van der Waals surface area contributed by atoms with E-state index in [9.17, 15) is 9.59 Å². The second-order valence-corrected chi connectivity index (χ2v) is 11.3. The second kappa shape index (κ2) is 14.0. The van der Waals surface area contributed by atoms with Crippen LogP contribution in [0.4, 0.5) is 0 Å². The van der Waals surface area contributed by atoms with E-state index in [1.54, 1.807) is 24.5 Å². The first-order valence-corrected chi connectivity index (χ1v) is 15.6. The summed E-state index contributed by atoms with van der Waals surface area (Å²) in [5.41, 5.74) is 3.06. The number of aromatic nitrogens is 1. The molecule has 44 heavy (non-hydrogen) atoms. The van der Waals surface area contributed by atoms with E-state index in [0.29, 0.717) is 62.7 Å². The Morgan fingerprint density at radius 2 is 1.66 bits per heavy atom. The van der Waals surface area contributed by atoms with Gasteiger partial charge in [-0.25, -0.2) is 9.79 Å². The normalized spacial score (nSPS) is 14.6. The molecule has 228 valence electrons. The zero-order chi connectivity index (χ0) is 31.2. The number of esters is 1. The lowest BCUT2D eigenvalue weighted by atomic mass is 9.96. The predicted molar refractivity (Wildman–Crippen MR) is 171 cm³/mol. The number of hydrogen-bond donors (Lipinski definition) is 0. The van der Waals surface area contributed by atoms with E-state index in [0.717, 1.165) is 16.7 Å². The fourth-order valence-electron chi connectivity index (χ4n) is 4.91. The summed E-state index contributed by atoms with van der Waals surface area (Å²) in [5, 5.41) is 0.663. The number of fused-ring (bicyclic) bond motifs is 1. The smallest absolute Gasteiger partial charge is 0.338 e. The fraction of sp³-hybridized carbons (Fsp3) is 0.265. The lowest BCUT2D eigenvalue weighted by Crippen LogP contribution is -2.39. The summed E-state index contributed by atoms with van der Waals surface area (Å²) >= 11 is 7.26. The van der Waals surface area contributed by atoms with Gasteiger partial charge >= 0.3 is 5.97 Å². The van der Waals surface area contributed by atoms with Crippen LogP contribution in [0.1, 0.15) is 50.4 Å². The van der Waals surface area contributed by atoms with Crippen molar-refractivity contribution in [2.24, 2.45) is 4.99 Å². The maximum Gasteiger partial charge on any atom is 0.338 e. The first kappa shape index (κ1) is 31.1. The van der Waals surface area contributed by atoms with E-state index < -0.39 is 12.0 Å². The third-order valence-corrected chi connectivity index (χ3v) is 8.13. The number of nitrogens with zero attached hydrogens (tertiary/aromatic N) is 2. The maximum absolute atomic E-state index is 14.0. The number of hydrogen-bond acceptors (Lipinski definition) is 8. The van der Waals surface area contributed by atoms with E-state index in [2.05, 4.69) is 4.99 Å². The van der Waals surface area contributed by atoms with Gasteiger partial charge in [-0.1, -0.05) is 53.3 Å². The van der Waals surface area contributed by atoms with Crippen LogP contribution in [0.3, 0.4) is 0 Å². The minimum atomic E-state index is -0.703. The van der Waals surface area contributed by atoms with Crippen LogP contribution < -0.4 is 29.1 Å². The van der Waals surface area contributed by atoms with Gasteiger partial charge < -0.3 is 18.9 Å². The van der Waals surface area contributed by atoms with E-state index in [-0.39, 0.29) is 12.2 Å². The van der Waals surface area contributed by atoms with E-state index >= 15 is 0 Å². The molecule has 1 atom stereocenters. The predicted octanol–water partition coefficient (Wildman–Crippen LogP) is 5.83. The number of ether oxygens (including phenoxy) is 4. The van der Waals surface area contributed by atoms with Crippen LogP contribution >= 0.6 is 22.9 Å². The molecule has 0 aliphatic carbocycles. The molecule has 2 heterocycles. The molecular weight excluding hydrogens is 600 g/mol. The molecule has 1 aliphatic rings. The molecule has 0 amide bonds. The van der Waals surface area contributed by atoms with Gasteiger partial charge in [-0.05, 0) is 86.9 Å². The number of thiazole rings is 1. The molecule has 3 aromatic carbocycles. The van der Waals surface area contributed by atoms with Gasteiger partial charge in [0.05, 0.1) is 41.7 Å². The van der Waals surface area contributed by atoms with Crippen molar-refractivity contribution < 1.29 is 23.7 Å². The van der Waals surface area contributed by atoms with E-state index in [4.69, 9.17) is 30.5 Å². The minimum Gasteiger partial charge on any atom is -0.494 e. The monoisotopic (exact) mass is 632 g/mol. The SMILES string of the molecule is CCOC(=O)C1=C(C)N=c2s/c(=C\c3ccc(OCc4ccc(Cl)cc4)c(OCC)c3)c(=O)n2[C@H]1c1ccc(OCC)cc1. The average Bonchev–Trinajstić information content (AvgIpc) is 3.31. The maximum atomic E-state index is 14.0. The van der Waals surface area contributed by atoms with Gasteiger partial charge in [0.1, 0.15) is 12.4 Å². The van der Waals surface area contributed by atoms with Gasteiger partial charge in [0.2, 0.25) is 0 Å².